The van der Waals surface area contributed by atoms with Crippen molar-refractivity contribution in [3.63, 3.8) is 0 Å². The molecule has 0 aliphatic carbocycles. The van der Waals surface area contributed by atoms with Gasteiger partial charge in [0.2, 0.25) is 5.91 Å². The maximum absolute atomic E-state index is 12.5. The van der Waals surface area contributed by atoms with Crippen molar-refractivity contribution in [2.45, 2.75) is 26.3 Å². The summed E-state index contributed by atoms with van der Waals surface area (Å²) in [5, 5.41) is 7.26. The van der Waals surface area contributed by atoms with E-state index >= 15 is 0 Å². The second kappa shape index (κ2) is 10.3. The Labute approximate surface area is 202 Å². The third-order valence-electron chi connectivity index (χ3n) is 5.57. The van der Waals surface area contributed by atoms with Gasteiger partial charge in [-0.25, -0.2) is 0 Å². The minimum atomic E-state index is -0.612. The molecule has 0 aliphatic heterocycles. The molecule has 35 heavy (non-hydrogen) atoms. The normalized spacial score (nSPS) is 11.7. The number of aryl methyl sites for hydroxylation is 1. The molecule has 3 aromatic carbocycles. The largest absolute Gasteiger partial charge is 0.495 e. The van der Waals surface area contributed by atoms with Gasteiger partial charge in [0.1, 0.15) is 16.9 Å². The fraction of sp³-hybridized carbons (Fsp3) is 0.222. The highest BCUT2D eigenvalue weighted by Crippen LogP contribution is 2.36. The van der Waals surface area contributed by atoms with Gasteiger partial charge in [0.15, 0.2) is 6.61 Å². The lowest BCUT2D eigenvalue weighted by Crippen LogP contribution is -2.29. The summed E-state index contributed by atoms with van der Waals surface area (Å²) < 4.78 is 16.5. The zero-order valence-electron chi connectivity index (χ0n) is 19.7. The Bertz CT molecular complexity index is 1390. The van der Waals surface area contributed by atoms with E-state index in [4.69, 9.17) is 13.9 Å². The zero-order valence-corrected chi connectivity index (χ0v) is 19.7. The van der Waals surface area contributed by atoms with Crippen LogP contribution in [0.4, 0.5) is 5.69 Å². The first kappa shape index (κ1) is 23.8. The van der Waals surface area contributed by atoms with Crippen LogP contribution in [0.3, 0.4) is 0 Å². The van der Waals surface area contributed by atoms with Crippen LogP contribution in [0, 0.1) is 6.92 Å². The maximum atomic E-state index is 12.5. The maximum Gasteiger partial charge on any atom is 0.308 e. The number of esters is 1. The van der Waals surface area contributed by atoms with Crippen LogP contribution in [0.2, 0.25) is 0 Å². The highest BCUT2D eigenvalue weighted by atomic mass is 16.5. The number of methoxy groups -OCH3 is 1. The van der Waals surface area contributed by atoms with Gasteiger partial charge in [-0.15, -0.1) is 0 Å². The van der Waals surface area contributed by atoms with Crippen molar-refractivity contribution in [3.8, 4) is 5.75 Å². The predicted molar refractivity (Wildman–Crippen MR) is 132 cm³/mol. The van der Waals surface area contributed by atoms with Crippen molar-refractivity contribution in [2.75, 3.05) is 19.0 Å². The van der Waals surface area contributed by atoms with Gasteiger partial charge in [-0.1, -0.05) is 48.0 Å². The van der Waals surface area contributed by atoms with Crippen molar-refractivity contribution in [3.05, 3.63) is 71.8 Å². The van der Waals surface area contributed by atoms with Gasteiger partial charge in [0, 0.05) is 23.8 Å². The second-order valence-electron chi connectivity index (χ2n) is 8.22. The Morgan fingerprint density at radius 1 is 0.971 bits per heavy atom. The smallest absolute Gasteiger partial charge is 0.308 e. The van der Waals surface area contributed by atoms with Crippen molar-refractivity contribution < 1.29 is 28.3 Å². The molecule has 0 fully saturated rings. The SMILES string of the molecule is COc1cc2c(cc1NC(=O)COC(=O)CC(NC(C)=O)c1ccc(C)cc1)oc1ccccc12. The van der Waals surface area contributed by atoms with Crippen molar-refractivity contribution in [1.82, 2.24) is 5.32 Å². The minimum Gasteiger partial charge on any atom is -0.495 e. The van der Waals surface area contributed by atoms with E-state index in [2.05, 4.69) is 10.6 Å². The summed E-state index contributed by atoms with van der Waals surface area (Å²) in [4.78, 5) is 36.6. The Morgan fingerprint density at radius 2 is 1.71 bits per heavy atom. The van der Waals surface area contributed by atoms with E-state index in [1.54, 1.807) is 12.1 Å². The molecular formula is C27H26N2O6. The molecule has 4 rings (SSSR count). The molecule has 4 aromatic rings. The van der Waals surface area contributed by atoms with E-state index in [1.807, 2.05) is 55.5 Å². The molecule has 1 unspecified atom stereocenters. The van der Waals surface area contributed by atoms with Crippen LogP contribution in [-0.2, 0) is 19.1 Å². The van der Waals surface area contributed by atoms with Crippen molar-refractivity contribution in [2.24, 2.45) is 0 Å². The number of benzene rings is 3. The molecule has 2 N–H and O–H groups in total. The lowest BCUT2D eigenvalue weighted by atomic mass is 10.0. The summed E-state index contributed by atoms with van der Waals surface area (Å²) in [6.07, 6.45) is -0.107. The zero-order chi connectivity index (χ0) is 24.9. The number of fused-ring (bicyclic) bond motifs is 3. The summed E-state index contributed by atoms with van der Waals surface area (Å²) in [6, 6.07) is 18.0. The topological polar surface area (TPSA) is 107 Å². The van der Waals surface area contributed by atoms with Gasteiger partial charge in [-0.05, 0) is 24.6 Å². The van der Waals surface area contributed by atoms with E-state index in [1.165, 1.54) is 14.0 Å². The van der Waals surface area contributed by atoms with Gasteiger partial charge in [0.25, 0.3) is 5.91 Å². The number of carbonyl (C=O) groups excluding carboxylic acids is 3. The Hall–Kier alpha value is -4.33. The predicted octanol–water partition coefficient (Wildman–Crippen LogP) is 4.65. The average molecular weight is 475 g/mol. The molecule has 8 nitrogen and oxygen atoms in total. The third kappa shape index (κ3) is 5.60. The van der Waals surface area contributed by atoms with E-state index in [0.717, 1.165) is 27.5 Å². The number of hydrogen-bond acceptors (Lipinski definition) is 6. The standard InChI is InChI=1S/C27H26N2O6/c1-16-8-10-18(11-9-16)21(28-17(2)30)14-27(32)34-15-26(31)29-22-13-24-20(12-25(22)33-3)19-6-4-5-7-23(19)35-24/h4-13,21H,14-15H2,1-3H3,(H,28,30)(H,29,31). The summed E-state index contributed by atoms with van der Waals surface area (Å²) in [6.45, 7) is 2.85. The second-order valence-corrected chi connectivity index (χ2v) is 8.22. The van der Waals surface area contributed by atoms with Crippen LogP contribution in [0.1, 0.15) is 30.5 Å². The third-order valence-corrected chi connectivity index (χ3v) is 5.57. The van der Waals surface area contributed by atoms with E-state index in [-0.39, 0.29) is 12.3 Å². The number of ether oxygens (including phenoxy) is 2. The van der Waals surface area contributed by atoms with Crippen molar-refractivity contribution in [1.29, 1.82) is 0 Å². The van der Waals surface area contributed by atoms with Crippen molar-refractivity contribution >= 4 is 45.4 Å². The summed E-state index contributed by atoms with van der Waals surface area (Å²) >= 11 is 0. The number of anilines is 1. The number of nitrogens with one attached hydrogen (secondary N) is 2. The molecule has 0 saturated carbocycles. The molecule has 0 spiro atoms. The number of para-hydroxylation sites is 1. The van der Waals surface area contributed by atoms with Gasteiger partial charge in [0.05, 0.1) is 25.3 Å². The molecule has 0 aliphatic rings. The van der Waals surface area contributed by atoms with Crippen LogP contribution < -0.4 is 15.4 Å². The van der Waals surface area contributed by atoms with Crippen LogP contribution in [0.5, 0.6) is 5.75 Å². The molecular weight excluding hydrogens is 448 g/mol. The van der Waals surface area contributed by atoms with Crippen LogP contribution >= 0.6 is 0 Å². The lowest BCUT2D eigenvalue weighted by Gasteiger charge is -2.18. The highest BCUT2D eigenvalue weighted by molar-refractivity contribution is 6.07. The fourth-order valence-corrected chi connectivity index (χ4v) is 3.87. The van der Waals surface area contributed by atoms with Crippen LogP contribution in [0.15, 0.2) is 65.1 Å². The Kier molecular flexibility index (Phi) is 7.01. The first-order valence-electron chi connectivity index (χ1n) is 11.1. The lowest BCUT2D eigenvalue weighted by molar-refractivity contribution is -0.148. The van der Waals surface area contributed by atoms with Gasteiger partial charge >= 0.3 is 5.97 Å². The Morgan fingerprint density at radius 3 is 2.43 bits per heavy atom. The number of rotatable bonds is 8. The Balaban J connectivity index is 1.41. The van der Waals surface area contributed by atoms with E-state index in [0.29, 0.717) is 17.0 Å². The van der Waals surface area contributed by atoms with Gasteiger partial charge in [-0.3, -0.25) is 14.4 Å². The summed E-state index contributed by atoms with van der Waals surface area (Å²) in [7, 11) is 1.51. The first-order valence-corrected chi connectivity index (χ1v) is 11.1. The quantitative estimate of drug-likeness (QED) is 0.360. The number of hydrogen-bond donors (Lipinski definition) is 2. The number of furan rings is 1. The highest BCUT2D eigenvalue weighted by Gasteiger charge is 2.20. The molecule has 0 bridgehead atoms. The molecule has 1 atom stereocenters. The van der Waals surface area contributed by atoms with E-state index in [9.17, 15) is 14.4 Å². The molecule has 0 saturated heterocycles. The molecule has 8 heteroatoms. The van der Waals surface area contributed by atoms with Gasteiger partial charge < -0.3 is 24.5 Å². The summed E-state index contributed by atoms with van der Waals surface area (Å²) in [5.74, 6) is -0.958. The van der Waals surface area contributed by atoms with Crippen LogP contribution in [-0.4, -0.2) is 31.5 Å². The number of carbonyl (C=O) groups is 3. The first-order chi connectivity index (χ1) is 16.8. The molecule has 0 radical (unpaired) electrons. The molecule has 1 aromatic heterocycles. The molecule has 1 heterocycles. The average Bonchev–Trinajstić information content (AvgIpc) is 3.19. The monoisotopic (exact) mass is 474 g/mol. The van der Waals surface area contributed by atoms with Gasteiger partial charge in [-0.2, -0.15) is 0 Å². The van der Waals surface area contributed by atoms with Crippen LogP contribution in [0.25, 0.3) is 21.9 Å². The van der Waals surface area contributed by atoms with E-state index < -0.39 is 24.5 Å². The fourth-order valence-electron chi connectivity index (χ4n) is 3.87. The number of amides is 2. The summed E-state index contributed by atoms with van der Waals surface area (Å²) in [5.41, 5.74) is 3.55. The molecule has 2 amide bonds. The minimum absolute atomic E-state index is 0.107. The molecule has 180 valence electrons.